The fraction of sp³-hybridized carbons (Fsp3) is 0.250. The molecular formula is C28H26F3N7O3. The van der Waals surface area contributed by atoms with Gasteiger partial charge >= 0.3 is 6.18 Å². The van der Waals surface area contributed by atoms with E-state index in [4.69, 9.17) is 4.74 Å². The Labute approximate surface area is 232 Å². The maximum Gasteiger partial charge on any atom is 0.419 e. The van der Waals surface area contributed by atoms with E-state index in [0.29, 0.717) is 42.4 Å². The number of carbonyl (C=O) groups excluding carboxylic acids is 2. The number of aromatic amines is 1. The summed E-state index contributed by atoms with van der Waals surface area (Å²) in [5, 5.41) is 7.26. The normalized spacial score (nSPS) is 14.5. The molecule has 5 rings (SSSR count). The number of hydrogen-bond donors (Lipinski definition) is 2. The van der Waals surface area contributed by atoms with Crippen molar-refractivity contribution < 1.29 is 27.5 Å². The van der Waals surface area contributed by atoms with Crippen molar-refractivity contribution >= 4 is 34.2 Å². The lowest BCUT2D eigenvalue weighted by Gasteiger charge is -2.26. The van der Waals surface area contributed by atoms with Crippen molar-refractivity contribution in [2.24, 2.45) is 0 Å². The molecule has 0 spiro atoms. The highest BCUT2D eigenvalue weighted by molar-refractivity contribution is 5.99. The average molecular weight is 566 g/mol. The van der Waals surface area contributed by atoms with Crippen LogP contribution in [0.2, 0.25) is 0 Å². The Morgan fingerprint density at radius 3 is 2.80 bits per heavy atom. The van der Waals surface area contributed by atoms with Gasteiger partial charge in [0.1, 0.15) is 17.4 Å². The van der Waals surface area contributed by atoms with Crippen LogP contribution in [0, 0.1) is 0 Å². The molecule has 0 saturated heterocycles. The lowest BCUT2D eigenvalue weighted by Crippen LogP contribution is -2.34. The first kappa shape index (κ1) is 27.6. The van der Waals surface area contributed by atoms with Gasteiger partial charge < -0.3 is 14.6 Å². The standard InChI is InChI=1S/C28H26F3N7O3/c1-4-23(39)37-10-6-7-17(14-37)18-11-34-38(15-18)16(2)26(40)36-27-33-13-21(28(29,30)31)24(35-27)20-12-32-25-19(20)8-5-9-22(25)41-3/h4-5,7-9,11-13,15-16,32H,1,6,10,14H2,2-3H3,(H,33,35,36,40). The number of alkyl halides is 3. The average Bonchev–Trinajstić information content (AvgIpc) is 3.64. The van der Waals surface area contributed by atoms with Crippen molar-refractivity contribution in [3.05, 3.63) is 72.8 Å². The first-order valence-electron chi connectivity index (χ1n) is 12.6. The second kappa shape index (κ2) is 10.9. The Morgan fingerprint density at radius 2 is 2.07 bits per heavy atom. The zero-order valence-corrected chi connectivity index (χ0v) is 22.2. The summed E-state index contributed by atoms with van der Waals surface area (Å²) < 4.78 is 48.5. The van der Waals surface area contributed by atoms with Gasteiger partial charge in [-0.2, -0.15) is 18.3 Å². The van der Waals surface area contributed by atoms with Crippen LogP contribution in [0.1, 0.15) is 30.5 Å². The Kier molecular flexibility index (Phi) is 7.35. The van der Waals surface area contributed by atoms with Crippen LogP contribution in [0.25, 0.3) is 27.7 Å². The molecule has 4 aromatic rings. The molecule has 2 amide bonds. The van der Waals surface area contributed by atoms with E-state index in [1.54, 1.807) is 42.4 Å². The number of aromatic nitrogens is 5. The number of ether oxygens (including phenoxy) is 1. The summed E-state index contributed by atoms with van der Waals surface area (Å²) in [6, 6.07) is 4.15. The van der Waals surface area contributed by atoms with Gasteiger partial charge in [-0.3, -0.25) is 19.6 Å². The molecule has 0 radical (unpaired) electrons. The summed E-state index contributed by atoms with van der Waals surface area (Å²) >= 11 is 0. The molecule has 1 atom stereocenters. The zero-order chi connectivity index (χ0) is 29.3. The molecule has 1 aliphatic heterocycles. The molecule has 3 aromatic heterocycles. The van der Waals surface area contributed by atoms with Gasteiger partial charge in [-0.15, -0.1) is 0 Å². The molecule has 1 aromatic carbocycles. The fourth-order valence-electron chi connectivity index (χ4n) is 4.67. The molecule has 4 heterocycles. The Bertz CT molecular complexity index is 1670. The minimum absolute atomic E-state index is 0.168. The lowest BCUT2D eigenvalue weighted by atomic mass is 10.0. The molecule has 1 aliphatic rings. The fourth-order valence-corrected chi connectivity index (χ4v) is 4.67. The quantitative estimate of drug-likeness (QED) is 0.310. The summed E-state index contributed by atoms with van der Waals surface area (Å²) in [4.78, 5) is 37.6. The van der Waals surface area contributed by atoms with E-state index >= 15 is 0 Å². The maximum absolute atomic E-state index is 13.9. The van der Waals surface area contributed by atoms with E-state index in [9.17, 15) is 22.8 Å². The number of anilines is 1. The number of halogens is 3. The van der Waals surface area contributed by atoms with E-state index in [1.807, 2.05) is 6.08 Å². The number of rotatable bonds is 7. The number of hydrogen-bond acceptors (Lipinski definition) is 6. The zero-order valence-electron chi connectivity index (χ0n) is 22.2. The third kappa shape index (κ3) is 5.42. The molecular weight excluding hydrogens is 539 g/mol. The number of amides is 2. The van der Waals surface area contributed by atoms with Gasteiger partial charge in [0, 0.05) is 48.2 Å². The number of benzene rings is 1. The minimum atomic E-state index is -4.74. The van der Waals surface area contributed by atoms with Crippen LogP contribution in [0.5, 0.6) is 5.75 Å². The van der Waals surface area contributed by atoms with Crippen molar-refractivity contribution in [2.75, 3.05) is 25.5 Å². The molecule has 0 aliphatic carbocycles. The van der Waals surface area contributed by atoms with Crippen LogP contribution in [0.15, 0.2) is 61.7 Å². The van der Waals surface area contributed by atoms with Gasteiger partial charge in [-0.05, 0) is 31.1 Å². The number of methoxy groups -OCH3 is 1. The number of para-hydroxylation sites is 1. The smallest absolute Gasteiger partial charge is 0.419 e. The van der Waals surface area contributed by atoms with Crippen molar-refractivity contribution in [3.8, 4) is 17.0 Å². The van der Waals surface area contributed by atoms with Gasteiger partial charge in [0.25, 0.3) is 5.91 Å². The minimum Gasteiger partial charge on any atom is -0.495 e. The molecule has 41 heavy (non-hydrogen) atoms. The van der Waals surface area contributed by atoms with Crippen LogP contribution in [-0.2, 0) is 15.8 Å². The van der Waals surface area contributed by atoms with Crippen molar-refractivity contribution in [1.29, 1.82) is 0 Å². The first-order valence-corrected chi connectivity index (χ1v) is 12.6. The largest absolute Gasteiger partial charge is 0.495 e. The molecule has 1 unspecified atom stereocenters. The Hall–Kier alpha value is -4.94. The summed E-state index contributed by atoms with van der Waals surface area (Å²) in [6.07, 6.45) is 4.55. The van der Waals surface area contributed by atoms with Gasteiger partial charge in [0.2, 0.25) is 11.9 Å². The van der Waals surface area contributed by atoms with Gasteiger partial charge in [-0.1, -0.05) is 24.8 Å². The number of carbonyl (C=O) groups is 2. The monoisotopic (exact) mass is 565 g/mol. The molecule has 10 nitrogen and oxygen atoms in total. The van der Waals surface area contributed by atoms with Crippen molar-refractivity contribution in [1.82, 2.24) is 29.6 Å². The van der Waals surface area contributed by atoms with Crippen LogP contribution in [-0.4, -0.2) is 61.6 Å². The van der Waals surface area contributed by atoms with Crippen LogP contribution < -0.4 is 10.1 Å². The van der Waals surface area contributed by atoms with Crippen molar-refractivity contribution in [3.63, 3.8) is 0 Å². The van der Waals surface area contributed by atoms with E-state index in [0.717, 1.165) is 11.1 Å². The highest BCUT2D eigenvalue weighted by Gasteiger charge is 2.36. The van der Waals surface area contributed by atoms with E-state index < -0.39 is 23.7 Å². The molecule has 13 heteroatoms. The number of nitrogens with zero attached hydrogens (tertiary/aromatic N) is 5. The maximum atomic E-state index is 13.9. The lowest BCUT2D eigenvalue weighted by molar-refractivity contribution is -0.137. The predicted molar refractivity (Wildman–Crippen MR) is 146 cm³/mol. The van der Waals surface area contributed by atoms with Gasteiger partial charge in [-0.25, -0.2) is 9.97 Å². The summed E-state index contributed by atoms with van der Waals surface area (Å²) in [6.45, 7) is 6.09. The molecule has 0 saturated carbocycles. The molecule has 0 bridgehead atoms. The highest BCUT2D eigenvalue weighted by atomic mass is 19.4. The summed E-state index contributed by atoms with van der Waals surface area (Å²) in [7, 11) is 1.46. The highest BCUT2D eigenvalue weighted by Crippen LogP contribution is 2.40. The predicted octanol–water partition coefficient (Wildman–Crippen LogP) is 4.85. The van der Waals surface area contributed by atoms with E-state index in [2.05, 4.69) is 31.9 Å². The third-order valence-corrected chi connectivity index (χ3v) is 6.87. The summed E-state index contributed by atoms with van der Waals surface area (Å²) in [5.41, 5.74) is 0.882. The SMILES string of the molecule is C=CC(=O)N1CCC=C(c2cnn(C(C)C(=O)Nc3ncc(C(F)(F)F)c(-c4c[nH]c5c(OC)cccc45)n3)c2)C1. The number of fused-ring (bicyclic) bond motifs is 1. The van der Waals surface area contributed by atoms with Crippen molar-refractivity contribution in [2.45, 2.75) is 25.6 Å². The summed E-state index contributed by atoms with van der Waals surface area (Å²) in [5.74, 6) is -0.574. The topological polar surface area (TPSA) is 118 Å². The third-order valence-electron chi connectivity index (χ3n) is 6.87. The molecule has 212 valence electrons. The first-order chi connectivity index (χ1) is 19.6. The second-order valence-electron chi connectivity index (χ2n) is 9.40. The van der Waals surface area contributed by atoms with Crippen LogP contribution in [0.4, 0.5) is 19.1 Å². The van der Waals surface area contributed by atoms with Gasteiger partial charge in [0.05, 0.1) is 24.5 Å². The van der Waals surface area contributed by atoms with Crippen LogP contribution in [0.3, 0.4) is 0 Å². The Balaban J connectivity index is 1.40. The van der Waals surface area contributed by atoms with Gasteiger partial charge in [0.15, 0.2) is 0 Å². The van der Waals surface area contributed by atoms with Crippen LogP contribution >= 0.6 is 0 Å². The second-order valence-corrected chi connectivity index (χ2v) is 9.40. The molecule has 2 N–H and O–H groups in total. The number of H-pyrrole nitrogens is 1. The van der Waals surface area contributed by atoms with E-state index in [-0.39, 0.29) is 23.1 Å². The Morgan fingerprint density at radius 1 is 1.27 bits per heavy atom. The molecule has 0 fully saturated rings. The number of nitrogens with one attached hydrogen (secondary N) is 2. The van der Waals surface area contributed by atoms with E-state index in [1.165, 1.54) is 24.1 Å².